The molecule has 1 fully saturated rings. The van der Waals surface area contributed by atoms with E-state index >= 15 is 0 Å². The molecule has 0 aliphatic carbocycles. The number of piperidine rings is 1. The van der Waals surface area contributed by atoms with Crippen LogP contribution in [0, 0.1) is 0 Å². The van der Waals surface area contributed by atoms with Gasteiger partial charge in [-0.25, -0.2) is 18.4 Å². The Bertz CT molecular complexity index is 592. The monoisotopic (exact) mass is 284 g/mol. The predicted molar refractivity (Wildman–Crippen MR) is 69.4 cm³/mol. The molecular weight excluding hydrogens is 268 g/mol. The zero-order chi connectivity index (χ0) is 14.0. The maximum Gasteiger partial charge on any atom is 0.336 e. The minimum absolute atomic E-state index is 0.00840. The Morgan fingerprint density at radius 1 is 1.37 bits per heavy atom. The molecule has 1 atom stereocenters. The first kappa shape index (κ1) is 14.0. The van der Waals surface area contributed by atoms with Crippen LogP contribution in [-0.4, -0.2) is 26.0 Å². The molecule has 0 spiro atoms. The van der Waals surface area contributed by atoms with Crippen LogP contribution in [0.1, 0.15) is 41.2 Å². The number of sulfonamides is 1. The number of rotatable bonds is 3. The van der Waals surface area contributed by atoms with E-state index in [1.54, 1.807) is 0 Å². The molecule has 1 aromatic rings. The van der Waals surface area contributed by atoms with Crippen LogP contribution in [0.4, 0.5) is 0 Å². The molecule has 7 heteroatoms. The Morgan fingerprint density at radius 3 is 2.63 bits per heavy atom. The molecule has 1 saturated heterocycles. The smallest absolute Gasteiger partial charge is 0.336 e. The molecule has 0 amide bonds. The first-order chi connectivity index (χ1) is 8.89. The second kappa shape index (κ2) is 5.28. The number of carboxylic acid groups (broad SMARTS) is 1. The Hall–Kier alpha value is -1.44. The van der Waals surface area contributed by atoms with Crippen LogP contribution in [0.3, 0.4) is 0 Å². The second-order valence-corrected chi connectivity index (χ2v) is 6.16. The van der Waals surface area contributed by atoms with Crippen molar-refractivity contribution in [3.8, 4) is 0 Å². The molecule has 104 valence electrons. The van der Waals surface area contributed by atoms with Crippen LogP contribution in [0.15, 0.2) is 23.1 Å². The van der Waals surface area contributed by atoms with Gasteiger partial charge in [0.2, 0.25) is 10.0 Å². The Morgan fingerprint density at radius 2 is 2.11 bits per heavy atom. The highest BCUT2D eigenvalue weighted by molar-refractivity contribution is 7.89. The van der Waals surface area contributed by atoms with Gasteiger partial charge in [-0.3, -0.25) is 0 Å². The third-order valence-electron chi connectivity index (χ3n) is 3.27. The number of nitrogens with one attached hydrogen (secondary N) is 1. The van der Waals surface area contributed by atoms with Gasteiger partial charge in [0.25, 0.3) is 0 Å². The first-order valence-electron chi connectivity index (χ1n) is 6.03. The van der Waals surface area contributed by atoms with Crippen LogP contribution < -0.4 is 10.5 Å². The van der Waals surface area contributed by atoms with E-state index in [2.05, 4.69) is 5.32 Å². The van der Waals surface area contributed by atoms with E-state index in [4.69, 9.17) is 5.14 Å². The van der Waals surface area contributed by atoms with Crippen molar-refractivity contribution >= 4 is 16.0 Å². The molecule has 0 saturated carbocycles. The maximum atomic E-state index is 11.3. The third kappa shape index (κ3) is 3.12. The highest BCUT2D eigenvalue weighted by atomic mass is 32.2. The number of aromatic carboxylic acids is 1. The van der Waals surface area contributed by atoms with Gasteiger partial charge in [0, 0.05) is 6.04 Å². The zero-order valence-electron chi connectivity index (χ0n) is 10.3. The van der Waals surface area contributed by atoms with Gasteiger partial charge in [-0.2, -0.15) is 0 Å². The molecule has 0 aromatic heterocycles. The van der Waals surface area contributed by atoms with Gasteiger partial charge in [-0.1, -0.05) is 12.5 Å². The minimum Gasteiger partial charge on any atom is -0.478 e. The largest absolute Gasteiger partial charge is 0.478 e. The summed E-state index contributed by atoms with van der Waals surface area (Å²) in [6.45, 7) is 0.834. The van der Waals surface area contributed by atoms with Gasteiger partial charge in [-0.05, 0) is 37.1 Å². The molecule has 19 heavy (non-hydrogen) atoms. The summed E-state index contributed by atoms with van der Waals surface area (Å²) in [5.74, 6) is -1.15. The average molecular weight is 284 g/mol. The molecule has 0 radical (unpaired) electrons. The normalized spacial score (nSPS) is 20.2. The standard InChI is InChI=1S/C12H16N2O4S/c13-19(17,18)8-4-5-9(10(7-8)12(15)16)11-3-1-2-6-14-11/h4-5,7,11,14H,1-3,6H2,(H,15,16)(H2,13,17,18). The molecule has 1 unspecified atom stereocenters. The summed E-state index contributed by atoms with van der Waals surface area (Å²) in [5.41, 5.74) is 0.602. The van der Waals surface area contributed by atoms with E-state index in [1.165, 1.54) is 12.1 Å². The molecule has 0 bridgehead atoms. The fourth-order valence-corrected chi connectivity index (χ4v) is 2.86. The van der Waals surface area contributed by atoms with Crippen molar-refractivity contribution in [1.29, 1.82) is 0 Å². The van der Waals surface area contributed by atoms with Crippen molar-refractivity contribution in [3.63, 3.8) is 0 Å². The Labute approximate surface area is 111 Å². The first-order valence-corrected chi connectivity index (χ1v) is 7.57. The Kier molecular flexibility index (Phi) is 3.88. The van der Waals surface area contributed by atoms with E-state index in [-0.39, 0.29) is 16.5 Å². The van der Waals surface area contributed by atoms with Gasteiger partial charge in [0.15, 0.2) is 0 Å². The van der Waals surface area contributed by atoms with Crippen LogP contribution in [-0.2, 0) is 10.0 Å². The van der Waals surface area contributed by atoms with Crippen molar-refractivity contribution in [2.24, 2.45) is 5.14 Å². The Balaban J connectivity index is 2.46. The third-order valence-corrected chi connectivity index (χ3v) is 4.18. The number of carboxylic acids is 1. The summed E-state index contributed by atoms with van der Waals surface area (Å²) in [6, 6.07) is 3.97. The van der Waals surface area contributed by atoms with Crippen LogP contribution >= 0.6 is 0 Å². The number of hydrogen-bond donors (Lipinski definition) is 3. The number of benzene rings is 1. The van der Waals surface area contributed by atoms with E-state index in [0.717, 1.165) is 31.9 Å². The fourth-order valence-electron chi connectivity index (χ4n) is 2.32. The van der Waals surface area contributed by atoms with Crippen molar-refractivity contribution in [3.05, 3.63) is 29.3 Å². The fraction of sp³-hybridized carbons (Fsp3) is 0.417. The van der Waals surface area contributed by atoms with E-state index in [9.17, 15) is 18.3 Å². The highest BCUT2D eigenvalue weighted by Crippen LogP contribution is 2.27. The summed E-state index contributed by atoms with van der Waals surface area (Å²) in [7, 11) is -3.89. The van der Waals surface area contributed by atoms with Crippen molar-refractivity contribution in [1.82, 2.24) is 5.32 Å². The highest BCUT2D eigenvalue weighted by Gasteiger charge is 2.22. The quantitative estimate of drug-likeness (QED) is 0.762. The van der Waals surface area contributed by atoms with Crippen LogP contribution in [0.25, 0.3) is 0 Å². The SMILES string of the molecule is NS(=O)(=O)c1ccc(C2CCCCN2)c(C(=O)O)c1. The summed E-state index contributed by atoms with van der Waals surface area (Å²) < 4.78 is 22.5. The minimum atomic E-state index is -3.89. The molecule has 1 heterocycles. The summed E-state index contributed by atoms with van der Waals surface area (Å²) in [5, 5.41) is 17.5. The van der Waals surface area contributed by atoms with Crippen LogP contribution in [0.5, 0.6) is 0 Å². The number of hydrogen-bond acceptors (Lipinski definition) is 4. The van der Waals surface area contributed by atoms with Gasteiger partial charge in [-0.15, -0.1) is 0 Å². The topological polar surface area (TPSA) is 109 Å². The van der Waals surface area contributed by atoms with Gasteiger partial charge in [0.1, 0.15) is 0 Å². The van der Waals surface area contributed by atoms with Gasteiger partial charge >= 0.3 is 5.97 Å². The zero-order valence-corrected chi connectivity index (χ0v) is 11.1. The lowest BCUT2D eigenvalue weighted by Crippen LogP contribution is -2.28. The maximum absolute atomic E-state index is 11.3. The average Bonchev–Trinajstić information content (AvgIpc) is 2.38. The molecular formula is C12H16N2O4S. The van der Waals surface area contributed by atoms with E-state index in [0.29, 0.717) is 5.56 Å². The lowest BCUT2D eigenvalue weighted by molar-refractivity contribution is 0.0694. The molecule has 1 aliphatic rings. The van der Waals surface area contributed by atoms with Crippen molar-refractivity contribution in [2.75, 3.05) is 6.54 Å². The van der Waals surface area contributed by atoms with Gasteiger partial charge < -0.3 is 10.4 Å². The number of carbonyl (C=O) groups is 1. The van der Waals surface area contributed by atoms with E-state index < -0.39 is 16.0 Å². The lowest BCUT2D eigenvalue weighted by atomic mass is 9.94. The predicted octanol–water partition coefficient (Wildman–Crippen LogP) is 0.847. The molecule has 6 nitrogen and oxygen atoms in total. The van der Waals surface area contributed by atoms with Crippen molar-refractivity contribution < 1.29 is 18.3 Å². The second-order valence-electron chi connectivity index (χ2n) is 4.60. The lowest BCUT2D eigenvalue weighted by Gasteiger charge is -2.25. The number of nitrogens with two attached hydrogens (primary N) is 1. The van der Waals surface area contributed by atoms with Crippen LogP contribution in [0.2, 0.25) is 0 Å². The molecule has 2 rings (SSSR count). The molecule has 4 N–H and O–H groups in total. The summed E-state index contributed by atoms with van der Waals surface area (Å²) in [4.78, 5) is 11.1. The summed E-state index contributed by atoms with van der Waals surface area (Å²) in [6.07, 6.45) is 2.93. The van der Waals surface area contributed by atoms with Crippen molar-refractivity contribution in [2.45, 2.75) is 30.2 Å². The summed E-state index contributed by atoms with van der Waals surface area (Å²) >= 11 is 0. The molecule has 1 aromatic carbocycles. The van der Waals surface area contributed by atoms with Gasteiger partial charge in [0.05, 0.1) is 10.5 Å². The van der Waals surface area contributed by atoms with E-state index in [1.807, 2.05) is 0 Å². The number of primary sulfonamides is 1. The molecule has 1 aliphatic heterocycles.